The van der Waals surface area contributed by atoms with Crippen LogP contribution in [-0.2, 0) is 17.8 Å². The third-order valence-electron chi connectivity index (χ3n) is 7.42. The van der Waals surface area contributed by atoms with Crippen LogP contribution in [-0.4, -0.2) is 28.7 Å². The van der Waals surface area contributed by atoms with Gasteiger partial charge in [0.15, 0.2) is 0 Å². The minimum atomic E-state index is -0.403. The lowest BCUT2D eigenvalue weighted by molar-refractivity contribution is -0.207. The summed E-state index contributed by atoms with van der Waals surface area (Å²) in [5.74, 6) is 5.48. The molecule has 0 aliphatic heterocycles. The lowest BCUT2D eigenvalue weighted by Crippen LogP contribution is -2.43. The van der Waals surface area contributed by atoms with Crippen molar-refractivity contribution < 1.29 is 15.1 Å². The second-order valence-corrected chi connectivity index (χ2v) is 11.0. The van der Waals surface area contributed by atoms with Crippen molar-refractivity contribution in [3.05, 3.63) is 71.3 Å². The molecule has 0 bridgehead atoms. The predicted octanol–water partition coefficient (Wildman–Crippen LogP) is 3.81. The number of nitrogens with one attached hydrogen (secondary N) is 1. The van der Waals surface area contributed by atoms with Crippen LogP contribution in [0.25, 0.3) is 0 Å². The highest BCUT2D eigenvalue weighted by molar-refractivity contribution is 6.05. The number of nitrogens with zero attached hydrogens (tertiary/aromatic N) is 3. The van der Waals surface area contributed by atoms with Crippen LogP contribution in [0.3, 0.4) is 0 Å². The maximum Gasteiger partial charge on any atom is 0.310 e. The maximum absolute atomic E-state index is 13.5. The number of rotatable bonds is 8. The number of carbonyl (C=O) groups is 2. The number of amides is 2. The Morgan fingerprint density at radius 2 is 1.65 bits per heavy atom. The Balaban J connectivity index is 1.68. The number of hydrazone groups is 1. The van der Waals surface area contributed by atoms with Gasteiger partial charge in [0.1, 0.15) is 0 Å². The second kappa shape index (κ2) is 13.1. The Morgan fingerprint density at radius 3 is 2.22 bits per heavy atom. The third-order valence-corrected chi connectivity index (χ3v) is 7.42. The van der Waals surface area contributed by atoms with E-state index in [1.165, 1.54) is 5.56 Å². The Kier molecular flexibility index (Phi) is 9.94. The molecule has 1 saturated carbocycles. The van der Waals surface area contributed by atoms with Crippen molar-refractivity contribution in [1.82, 2.24) is 10.2 Å². The van der Waals surface area contributed by atoms with Crippen LogP contribution in [0, 0.1) is 11.3 Å². The fourth-order valence-corrected chi connectivity index (χ4v) is 5.14. The second-order valence-electron chi connectivity index (χ2n) is 11.0. The summed E-state index contributed by atoms with van der Waals surface area (Å²) in [7, 11) is 0. The normalized spacial score (nSPS) is 18.2. The van der Waals surface area contributed by atoms with Gasteiger partial charge in [-0.1, -0.05) is 63.2 Å². The van der Waals surface area contributed by atoms with E-state index in [0.29, 0.717) is 24.4 Å². The molecule has 2 aromatic rings. The first-order valence-electron chi connectivity index (χ1n) is 13.1. The molecular weight excluding hydrogens is 464 g/mol. The number of nitrogens with two attached hydrogens (primary N) is 2. The molecule has 37 heavy (non-hydrogen) atoms. The molecule has 198 valence electrons. The smallest absolute Gasteiger partial charge is 0.310 e. The molecule has 1 aliphatic rings. The minimum Gasteiger partial charge on any atom is -0.335 e. The van der Waals surface area contributed by atoms with Crippen molar-refractivity contribution in [2.24, 2.45) is 27.4 Å². The van der Waals surface area contributed by atoms with Crippen LogP contribution in [0.5, 0.6) is 0 Å². The first-order chi connectivity index (χ1) is 17.7. The van der Waals surface area contributed by atoms with E-state index < -0.39 is 5.91 Å². The Hall–Kier alpha value is -3.55. The Bertz CT molecular complexity index is 1070. The van der Waals surface area contributed by atoms with E-state index in [2.05, 4.69) is 53.3 Å². The Morgan fingerprint density at radius 1 is 1.00 bits per heavy atom. The first-order valence-corrected chi connectivity index (χ1v) is 13.1. The van der Waals surface area contributed by atoms with E-state index in [1.807, 2.05) is 30.3 Å². The molecule has 2 aromatic carbocycles. The van der Waals surface area contributed by atoms with Crippen molar-refractivity contribution in [3.63, 3.8) is 0 Å². The fraction of sp³-hybridized carbons (Fsp3) is 0.483. The molecule has 2 amide bonds. The van der Waals surface area contributed by atoms with Crippen molar-refractivity contribution in [2.75, 3.05) is 0 Å². The lowest BCUT2D eigenvalue weighted by Gasteiger charge is -2.41. The average molecular weight is 506 g/mol. The SMILES string of the molecule is CC(C)(C)C1CCC(N(Cc2ccc(C(=O)NC(N=[NH2+])=NN)cc2)C(=O)CCCc2ccccc2)CC1. The molecule has 0 atom stereocenters. The van der Waals surface area contributed by atoms with Crippen LogP contribution in [0.15, 0.2) is 64.8 Å². The number of benzene rings is 2. The highest BCUT2D eigenvalue weighted by Crippen LogP contribution is 2.39. The summed E-state index contributed by atoms with van der Waals surface area (Å²) >= 11 is 0. The molecule has 3 rings (SSSR count). The summed E-state index contributed by atoms with van der Waals surface area (Å²) in [6, 6.07) is 17.8. The van der Waals surface area contributed by atoms with Gasteiger partial charge >= 0.3 is 5.96 Å². The number of aryl methyl sites for hydroxylation is 1. The Labute approximate surface area is 220 Å². The van der Waals surface area contributed by atoms with E-state index in [0.717, 1.165) is 44.1 Å². The molecule has 5 N–H and O–H groups in total. The van der Waals surface area contributed by atoms with Gasteiger partial charge in [0.25, 0.3) is 5.91 Å². The predicted molar refractivity (Wildman–Crippen MR) is 145 cm³/mol. The van der Waals surface area contributed by atoms with Crippen molar-refractivity contribution >= 4 is 17.8 Å². The summed E-state index contributed by atoms with van der Waals surface area (Å²) in [5.41, 5.74) is 8.11. The van der Waals surface area contributed by atoms with E-state index >= 15 is 0 Å². The van der Waals surface area contributed by atoms with Crippen molar-refractivity contribution in [1.29, 1.82) is 0 Å². The average Bonchev–Trinajstić information content (AvgIpc) is 2.90. The number of hydrogen-bond donors (Lipinski definition) is 3. The number of guanidine groups is 1. The zero-order valence-electron chi connectivity index (χ0n) is 22.3. The van der Waals surface area contributed by atoms with Crippen LogP contribution >= 0.6 is 0 Å². The fourth-order valence-electron chi connectivity index (χ4n) is 5.14. The highest BCUT2D eigenvalue weighted by atomic mass is 16.2. The molecular formula is C29H41N6O2+. The quantitative estimate of drug-likeness (QED) is 0.166. The summed E-state index contributed by atoms with van der Waals surface area (Å²) < 4.78 is 0. The molecule has 0 spiro atoms. The molecule has 8 heteroatoms. The van der Waals surface area contributed by atoms with Gasteiger partial charge in [0, 0.05) is 29.7 Å². The van der Waals surface area contributed by atoms with E-state index in [1.54, 1.807) is 12.1 Å². The standard InChI is InChI=1S/C29H40N6O2/c1-29(2,3)24-16-18-25(19-17-24)35(26(36)11-7-10-21-8-5-4-6-9-21)20-22-12-14-23(15-13-22)27(37)32-28(33-30)34-31/h4-6,8-9,12-15,24-25,30H,7,10-11,16-20,31H2,1-3H3,(H,32,34,37)/p+1. The van der Waals surface area contributed by atoms with Crippen LogP contribution < -0.4 is 16.7 Å². The molecule has 0 radical (unpaired) electrons. The van der Waals surface area contributed by atoms with Gasteiger partial charge in [-0.3, -0.25) is 14.9 Å². The summed E-state index contributed by atoms with van der Waals surface area (Å²) in [4.78, 5) is 27.9. The molecule has 0 unspecified atom stereocenters. The van der Waals surface area contributed by atoms with E-state index in [4.69, 9.17) is 11.4 Å². The zero-order valence-corrected chi connectivity index (χ0v) is 22.3. The first kappa shape index (κ1) is 28.0. The summed E-state index contributed by atoms with van der Waals surface area (Å²) in [6.07, 6.45) is 6.57. The van der Waals surface area contributed by atoms with Gasteiger partial charge in [-0.05, 0) is 73.1 Å². The molecule has 0 aromatic heterocycles. The maximum atomic E-state index is 13.5. The van der Waals surface area contributed by atoms with Gasteiger partial charge in [-0.25, -0.2) is 0 Å². The van der Waals surface area contributed by atoms with Crippen LogP contribution in [0.1, 0.15) is 80.8 Å². The highest BCUT2D eigenvalue weighted by Gasteiger charge is 2.33. The zero-order chi connectivity index (χ0) is 26.8. The topological polar surface area (TPSA) is 126 Å². The third kappa shape index (κ3) is 8.23. The molecule has 0 heterocycles. The van der Waals surface area contributed by atoms with Crippen molar-refractivity contribution in [3.8, 4) is 0 Å². The summed E-state index contributed by atoms with van der Waals surface area (Å²) in [5, 5.41) is 9.07. The van der Waals surface area contributed by atoms with E-state index in [9.17, 15) is 9.59 Å². The lowest BCUT2D eigenvalue weighted by atomic mass is 9.71. The summed E-state index contributed by atoms with van der Waals surface area (Å²) in [6.45, 7) is 7.47. The minimum absolute atomic E-state index is 0.146. The van der Waals surface area contributed by atoms with E-state index in [-0.39, 0.29) is 23.3 Å². The van der Waals surface area contributed by atoms with Gasteiger partial charge in [-0.15, -0.1) is 10.6 Å². The number of carbonyl (C=O) groups excluding carboxylic acids is 2. The molecule has 1 aliphatic carbocycles. The van der Waals surface area contributed by atoms with Gasteiger partial charge in [0.05, 0.1) is 0 Å². The van der Waals surface area contributed by atoms with Gasteiger partial charge < -0.3 is 10.7 Å². The number of hydrogen-bond acceptors (Lipinski definition) is 4. The van der Waals surface area contributed by atoms with Crippen LogP contribution in [0.4, 0.5) is 0 Å². The van der Waals surface area contributed by atoms with Gasteiger partial charge in [-0.2, -0.15) is 0 Å². The monoisotopic (exact) mass is 505 g/mol. The molecule has 1 fully saturated rings. The van der Waals surface area contributed by atoms with Gasteiger partial charge in [0.2, 0.25) is 5.91 Å². The molecule has 8 nitrogen and oxygen atoms in total. The van der Waals surface area contributed by atoms with Crippen molar-refractivity contribution in [2.45, 2.75) is 78.3 Å². The van der Waals surface area contributed by atoms with Crippen LogP contribution in [0.2, 0.25) is 0 Å². The largest absolute Gasteiger partial charge is 0.335 e. The molecule has 0 saturated heterocycles.